The van der Waals surface area contributed by atoms with Crippen LogP contribution in [-0.2, 0) is 10.0 Å². The van der Waals surface area contributed by atoms with Crippen LogP contribution in [0.2, 0.25) is 0 Å². The predicted octanol–water partition coefficient (Wildman–Crippen LogP) is 2.45. The minimum Gasteiger partial charge on any atom is -0.474 e. The van der Waals surface area contributed by atoms with Gasteiger partial charge in [-0.25, -0.2) is 18.4 Å². The van der Waals surface area contributed by atoms with Gasteiger partial charge < -0.3 is 4.74 Å². The van der Waals surface area contributed by atoms with E-state index in [9.17, 15) is 8.42 Å². The maximum absolute atomic E-state index is 12.5. The highest BCUT2D eigenvalue weighted by Gasteiger charge is 2.18. The summed E-state index contributed by atoms with van der Waals surface area (Å²) in [6.07, 6.45) is 6.64. The lowest BCUT2D eigenvalue weighted by atomic mass is 10.1. The van der Waals surface area contributed by atoms with Crippen LogP contribution in [0, 0.1) is 6.92 Å². The van der Waals surface area contributed by atoms with E-state index in [0.717, 1.165) is 25.2 Å². The molecule has 1 fully saturated rings. The zero-order valence-corrected chi connectivity index (χ0v) is 15.7. The van der Waals surface area contributed by atoms with Crippen LogP contribution in [0.15, 0.2) is 41.6 Å². The molecule has 0 saturated carbocycles. The summed E-state index contributed by atoms with van der Waals surface area (Å²) in [6.45, 7) is 5.30. The second-order valence-corrected chi connectivity index (χ2v) is 8.06. The van der Waals surface area contributed by atoms with Gasteiger partial charge >= 0.3 is 0 Å². The molecule has 1 aromatic heterocycles. The fraction of sp³-hybridized carbons (Fsp3) is 0.444. The molecule has 8 heteroatoms. The molecule has 0 unspecified atom stereocenters. The molecule has 0 radical (unpaired) electrons. The van der Waals surface area contributed by atoms with Gasteiger partial charge in [-0.2, -0.15) is 0 Å². The smallest absolute Gasteiger partial charge is 0.263 e. The monoisotopic (exact) mass is 376 g/mol. The molecule has 140 valence electrons. The average molecular weight is 376 g/mol. The number of hydrogen-bond acceptors (Lipinski definition) is 6. The molecular weight excluding hydrogens is 352 g/mol. The number of nitrogens with one attached hydrogen (secondary N) is 1. The fourth-order valence-electron chi connectivity index (χ4n) is 2.86. The van der Waals surface area contributed by atoms with Crippen molar-refractivity contribution >= 4 is 15.8 Å². The summed E-state index contributed by atoms with van der Waals surface area (Å²) < 4.78 is 33.3. The topological polar surface area (TPSA) is 84.4 Å². The standard InChI is InChI=1S/C18H24N4O3S/c1-15-5-7-16(8-6-15)26(23,24)21-17-18(20-10-9-19-17)25-14-13-22-11-3-2-4-12-22/h5-10H,2-4,11-14H2,1H3,(H,19,21). The first-order valence-corrected chi connectivity index (χ1v) is 10.3. The molecule has 0 aliphatic carbocycles. The number of benzene rings is 1. The maximum Gasteiger partial charge on any atom is 0.263 e. The van der Waals surface area contributed by atoms with Crippen LogP contribution in [0.1, 0.15) is 24.8 Å². The van der Waals surface area contributed by atoms with Crippen LogP contribution in [0.4, 0.5) is 5.82 Å². The lowest BCUT2D eigenvalue weighted by Gasteiger charge is -2.26. The highest BCUT2D eigenvalue weighted by Crippen LogP contribution is 2.22. The molecule has 0 bridgehead atoms. The van der Waals surface area contributed by atoms with Crippen molar-refractivity contribution in [1.82, 2.24) is 14.9 Å². The molecular formula is C18H24N4O3S. The molecule has 1 aromatic carbocycles. The van der Waals surface area contributed by atoms with Gasteiger partial charge in [-0.3, -0.25) is 9.62 Å². The Bertz CT molecular complexity index is 819. The highest BCUT2D eigenvalue weighted by atomic mass is 32.2. The minimum absolute atomic E-state index is 0.103. The Hall–Kier alpha value is -2.19. The first kappa shape index (κ1) is 18.6. The van der Waals surface area contributed by atoms with Gasteiger partial charge in [0.25, 0.3) is 15.9 Å². The Balaban J connectivity index is 1.65. The van der Waals surface area contributed by atoms with Crippen molar-refractivity contribution in [2.24, 2.45) is 0 Å². The van der Waals surface area contributed by atoms with Crippen LogP contribution in [0.25, 0.3) is 0 Å². The van der Waals surface area contributed by atoms with Crippen LogP contribution >= 0.6 is 0 Å². The Labute approximate surface area is 154 Å². The van der Waals surface area contributed by atoms with E-state index >= 15 is 0 Å². The van der Waals surface area contributed by atoms with Crippen molar-refractivity contribution < 1.29 is 13.2 Å². The number of ether oxygens (including phenoxy) is 1. The summed E-state index contributed by atoms with van der Waals surface area (Å²) in [4.78, 5) is 10.7. The largest absolute Gasteiger partial charge is 0.474 e. The summed E-state index contributed by atoms with van der Waals surface area (Å²) in [5, 5.41) is 0. The number of likely N-dealkylation sites (tertiary alicyclic amines) is 1. The number of piperidine rings is 1. The van der Waals surface area contributed by atoms with Gasteiger partial charge in [-0.1, -0.05) is 24.1 Å². The molecule has 1 N–H and O–H groups in total. The van der Waals surface area contributed by atoms with Crippen molar-refractivity contribution in [2.75, 3.05) is 31.0 Å². The van der Waals surface area contributed by atoms with Gasteiger partial charge in [0.05, 0.1) is 4.90 Å². The predicted molar refractivity (Wildman–Crippen MR) is 99.8 cm³/mol. The van der Waals surface area contributed by atoms with E-state index in [1.807, 2.05) is 6.92 Å². The van der Waals surface area contributed by atoms with Crippen molar-refractivity contribution in [2.45, 2.75) is 31.1 Å². The van der Waals surface area contributed by atoms with Crippen molar-refractivity contribution in [3.05, 3.63) is 42.2 Å². The van der Waals surface area contributed by atoms with Gasteiger partial charge in [-0.15, -0.1) is 0 Å². The third-order valence-electron chi connectivity index (χ3n) is 4.32. The number of sulfonamides is 1. The summed E-state index contributed by atoms with van der Waals surface area (Å²) in [5.41, 5.74) is 0.991. The van der Waals surface area contributed by atoms with Crippen LogP contribution in [0.3, 0.4) is 0 Å². The van der Waals surface area contributed by atoms with Crippen LogP contribution < -0.4 is 9.46 Å². The molecule has 7 nitrogen and oxygen atoms in total. The fourth-order valence-corrected chi connectivity index (χ4v) is 3.87. The second-order valence-electron chi connectivity index (χ2n) is 6.38. The number of hydrogen-bond donors (Lipinski definition) is 1. The van der Waals surface area contributed by atoms with Crippen LogP contribution in [-0.4, -0.2) is 49.5 Å². The molecule has 2 aromatic rings. The first-order chi connectivity index (χ1) is 12.5. The average Bonchev–Trinajstić information content (AvgIpc) is 2.64. The van der Waals surface area contributed by atoms with Crippen molar-refractivity contribution in [3.8, 4) is 5.88 Å². The third kappa shape index (κ3) is 4.92. The first-order valence-electron chi connectivity index (χ1n) is 8.80. The Morgan fingerprint density at radius 2 is 1.77 bits per heavy atom. The van der Waals surface area contributed by atoms with Gasteiger partial charge in [0, 0.05) is 18.9 Å². The van der Waals surface area contributed by atoms with Crippen molar-refractivity contribution in [1.29, 1.82) is 0 Å². The Morgan fingerprint density at radius 1 is 1.08 bits per heavy atom. The van der Waals surface area contributed by atoms with E-state index in [1.165, 1.54) is 31.7 Å². The highest BCUT2D eigenvalue weighted by molar-refractivity contribution is 7.92. The van der Waals surface area contributed by atoms with Crippen LogP contribution in [0.5, 0.6) is 5.88 Å². The van der Waals surface area contributed by atoms with E-state index in [0.29, 0.717) is 6.61 Å². The molecule has 1 saturated heterocycles. The molecule has 0 spiro atoms. The molecule has 1 aliphatic heterocycles. The third-order valence-corrected chi connectivity index (χ3v) is 5.68. The molecule has 0 amide bonds. The summed E-state index contributed by atoms with van der Waals surface area (Å²) in [5.74, 6) is 0.298. The lowest BCUT2D eigenvalue weighted by Crippen LogP contribution is -2.33. The minimum atomic E-state index is -3.74. The van der Waals surface area contributed by atoms with Crippen molar-refractivity contribution in [3.63, 3.8) is 0 Å². The number of nitrogens with zero attached hydrogens (tertiary/aromatic N) is 3. The molecule has 1 aliphatic rings. The zero-order chi connectivity index (χ0) is 18.4. The van der Waals surface area contributed by atoms with Gasteiger partial charge in [0.1, 0.15) is 6.61 Å². The van der Waals surface area contributed by atoms with Gasteiger partial charge in [-0.05, 0) is 45.0 Å². The SMILES string of the molecule is Cc1ccc(S(=O)(=O)Nc2nccnc2OCCN2CCCCC2)cc1. The molecule has 0 atom stereocenters. The van der Waals surface area contributed by atoms with E-state index in [1.54, 1.807) is 24.3 Å². The van der Waals surface area contributed by atoms with E-state index < -0.39 is 10.0 Å². The number of aromatic nitrogens is 2. The zero-order valence-electron chi connectivity index (χ0n) is 14.9. The summed E-state index contributed by atoms with van der Waals surface area (Å²) >= 11 is 0. The molecule has 3 rings (SSSR count). The number of anilines is 1. The van der Waals surface area contributed by atoms with Gasteiger partial charge in [0.15, 0.2) is 0 Å². The lowest BCUT2D eigenvalue weighted by molar-refractivity contribution is 0.181. The van der Waals surface area contributed by atoms with E-state index in [-0.39, 0.29) is 16.6 Å². The maximum atomic E-state index is 12.5. The normalized spacial score (nSPS) is 15.6. The number of rotatable bonds is 7. The summed E-state index contributed by atoms with van der Waals surface area (Å²) in [6, 6.07) is 6.62. The van der Waals surface area contributed by atoms with E-state index in [4.69, 9.17) is 4.74 Å². The summed E-state index contributed by atoms with van der Waals surface area (Å²) in [7, 11) is -3.74. The Morgan fingerprint density at radius 3 is 2.50 bits per heavy atom. The molecule has 2 heterocycles. The second kappa shape index (κ2) is 8.46. The molecule has 26 heavy (non-hydrogen) atoms. The Kier molecular flexibility index (Phi) is 6.05. The number of aryl methyl sites for hydroxylation is 1. The quantitative estimate of drug-likeness (QED) is 0.799. The van der Waals surface area contributed by atoms with E-state index in [2.05, 4.69) is 19.6 Å². The van der Waals surface area contributed by atoms with Gasteiger partial charge in [0.2, 0.25) is 5.82 Å².